The van der Waals surface area contributed by atoms with Crippen LogP contribution in [0.25, 0.3) is 0 Å². The van der Waals surface area contributed by atoms with Gasteiger partial charge in [-0.3, -0.25) is 0 Å². The number of carbonyl (C=O) groups is 1. The van der Waals surface area contributed by atoms with E-state index in [1.165, 1.54) is 48.7 Å². The lowest BCUT2D eigenvalue weighted by atomic mass is 10.3. The van der Waals surface area contributed by atoms with Gasteiger partial charge in [0.15, 0.2) is 0 Å². The molecule has 1 heterocycles. The second kappa shape index (κ2) is 10.5. The summed E-state index contributed by atoms with van der Waals surface area (Å²) < 4.78 is 0. The number of carboxylic acids is 1. The molecule has 0 bridgehead atoms. The molecule has 170 valence electrons. The molecule has 0 fully saturated rings. The number of nitrogens with zero attached hydrogens (tertiary/aromatic N) is 3. The number of anilines is 2. The van der Waals surface area contributed by atoms with Crippen LogP contribution in [0.3, 0.4) is 0 Å². The maximum Gasteiger partial charge on any atom is 0.338 e. The van der Waals surface area contributed by atoms with Crippen LogP contribution in [-0.4, -0.2) is 44.2 Å². The van der Waals surface area contributed by atoms with E-state index in [1.54, 1.807) is 10.4 Å². The fraction of sp³-hybridized carbons (Fsp3) is 0.542. The zero-order valence-corrected chi connectivity index (χ0v) is 22.3. The molecule has 0 saturated heterocycles. The van der Waals surface area contributed by atoms with Crippen molar-refractivity contribution < 1.29 is 9.90 Å². The van der Waals surface area contributed by atoms with E-state index in [9.17, 15) is 4.79 Å². The number of aromatic carboxylic acids is 1. The summed E-state index contributed by atoms with van der Waals surface area (Å²) in [5.41, 5.74) is 1.23. The van der Waals surface area contributed by atoms with Crippen LogP contribution < -0.4 is 15.3 Å². The lowest BCUT2D eigenvalue weighted by Gasteiger charge is -2.35. The molecule has 1 N–H and O–H groups in total. The first-order valence-electron chi connectivity index (χ1n) is 11.7. The van der Waals surface area contributed by atoms with Gasteiger partial charge in [0.25, 0.3) is 0 Å². The normalized spacial score (nSPS) is 12.1. The Morgan fingerprint density at radius 2 is 1.19 bits per heavy atom. The molecule has 5 nitrogen and oxygen atoms in total. The van der Waals surface area contributed by atoms with Gasteiger partial charge in [-0.2, -0.15) is 0 Å². The summed E-state index contributed by atoms with van der Waals surface area (Å²) in [5.74, 6) is -0.477. The summed E-state index contributed by atoms with van der Waals surface area (Å²) in [6.07, 6.45) is 2.77. The topological polar surface area (TPSA) is 66.3 Å². The maximum atomic E-state index is 11.2. The van der Waals surface area contributed by atoms with Crippen LogP contribution in [-0.2, 0) is 0 Å². The third-order valence-corrected chi connectivity index (χ3v) is 18.9. The average Bonchev–Trinajstić information content (AvgIpc) is 2.81. The van der Waals surface area contributed by atoms with E-state index in [1.807, 2.05) is 11.9 Å². The highest BCUT2D eigenvalue weighted by molar-refractivity contribution is 6.94. The molecule has 2 rings (SSSR count). The fourth-order valence-electron chi connectivity index (χ4n) is 4.86. The molecule has 0 amide bonds. The largest absolute Gasteiger partial charge is 0.478 e. The van der Waals surface area contributed by atoms with Gasteiger partial charge < -0.3 is 10.0 Å². The van der Waals surface area contributed by atoms with E-state index < -0.39 is 22.1 Å². The zero-order valence-electron chi connectivity index (χ0n) is 20.3. The van der Waals surface area contributed by atoms with Crippen LogP contribution in [0.2, 0.25) is 36.3 Å². The van der Waals surface area contributed by atoms with E-state index in [4.69, 9.17) is 5.11 Å². The molecule has 0 atom stereocenters. The molecule has 1 aromatic carbocycles. The molecule has 0 spiro atoms. The summed E-state index contributed by atoms with van der Waals surface area (Å²) in [6.45, 7) is 14.1. The summed E-state index contributed by atoms with van der Waals surface area (Å²) in [4.78, 5) is 21.9. The van der Waals surface area contributed by atoms with E-state index in [-0.39, 0.29) is 5.56 Å². The van der Waals surface area contributed by atoms with Crippen molar-refractivity contribution in [2.45, 2.75) is 77.8 Å². The second-order valence-electron chi connectivity index (χ2n) is 8.59. The molecule has 0 aliphatic heterocycles. The van der Waals surface area contributed by atoms with Gasteiger partial charge in [0.05, 0.1) is 21.7 Å². The molecule has 7 heteroatoms. The van der Waals surface area contributed by atoms with Crippen LogP contribution in [0, 0.1) is 0 Å². The van der Waals surface area contributed by atoms with Crippen molar-refractivity contribution in [3.8, 4) is 0 Å². The predicted molar refractivity (Wildman–Crippen MR) is 137 cm³/mol. The Labute approximate surface area is 190 Å². The highest BCUT2D eigenvalue weighted by atomic mass is 28.3. The molecule has 1 aromatic heterocycles. The second-order valence-corrected chi connectivity index (χ2v) is 19.1. The van der Waals surface area contributed by atoms with Crippen LogP contribution in [0.15, 0.2) is 30.6 Å². The molecule has 0 aliphatic carbocycles. The van der Waals surface area contributed by atoms with Gasteiger partial charge in [0.1, 0.15) is 0 Å². The SMILES string of the molecule is CC[Si](CC)(CC)c1cc(N(C)c2ncc(C(=O)O)cn2)cc([Si](CC)(CC)CC)c1. The molecule has 31 heavy (non-hydrogen) atoms. The smallest absolute Gasteiger partial charge is 0.338 e. The first-order chi connectivity index (χ1) is 14.8. The van der Waals surface area contributed by atoms with Crippen molar-refractivity contribution in [3.05, 3.63) is 36.2 Å². The van der Waals surface area contributed by atoms with Gasteiger partial charge in [0, 0.05) is 25.1 Å². The van der Waals surface area contributed by atoms with Crippen molar-refractivity contribution in [2.75, 3.05) is 11.9 Å². The highest BCUT2D eigenvalue weighted by Crippen LogP contribution is 2.27. The van der Waals surface area contributed by atoms with E-state index >= 15 is 0 Å². The Hall–Kier alpha value is -2.00. The molecule has 0 unspecified atom stereocenters. The third-order valence-electron chi connectivity index (χ3n) is 7.78. The Kier molecular flexibility index (Phi) is 8.60. The first kappa shape index (κ1) is 25.3. The standard InChI is InChI=1S/C24H39N3O2Si2/c1-8-30(9-2,10-3)21-14-20(15-22(16-21)31(11-4,12-5)13-6)27(7)24-25-17-19(18-26-24)23(28)29/h14-18H,8-13H2,1-7H3,(H,28,29). The monoisotopic (exact) mass is 457 g/mol. The van der Waals surface area contributed by atoms with E-state index in [0.717, 1.165) is 5.69 Å². The minimum absolute atomic E-state index is 0.107. The first-order valence-corrected chi connectivity index (χ1v) is 17.0. The van der Waals surface area contributed by atoms with Gasteiger partial charge in [-0.1, -0.05) is 94.2 Å². The van der Waals surface area contributed by atoms with Crippen LogP contribution in [0.5, 0.6) is 0 Å². The van der Waals surface area contributed by atoms with Crippen LogP contribution in [0.4, 0.5) is 11.6 Å². The minimum atomic E-state index is -1.57. The molecular formula is C24H39N3O2Si2. The van der Waals surface area contributed by atoms with Gasteiger partial charge in [-0.25, -0.2) is 14.8 Å². The average molecular weight is 458 g/mol. The number of rotatable bonds is 11. The zero-order chi connectivity index (χ0) is 23.2. The van der Waals surface area contributed by atoms with Crippen molar-refractivity contribution in [2.24, 2.45) is 0 Å². The summed E-state index contributed by atoms with van der Waals surface area (Å²) in [6, 6.07) is 14.8. The Bertz CT molecular complexity index is 824. The van der Waals surface area contributed by atoms with E-state index in [2.05, 4.69) is 69.7 Å². The van der Waals surface area contributed by atoms with Gasteiger partial charge in [-0.15, -0.1) is 0 Å². The van der Waals surface area contributed by atoms with Crippen LogP contribution in [0.1, 0.15) is 51.9 Å². The van der Waals surface area contributed by atoms with Gasteiger partial charge in [0.2, 0.25) is 5.95 Å². The molecule has 2 aromatic rings. The lowest BCUT2D eigenvalue weighted by Crippen LogP contribution is -2.52. The number of hydrogen-bond donors (Lipinski definition) is 1. The number of carboxylic acid groups (broad SMARTS) is 1. The van der Waals surface area contributed by atoms with Crippen molar-refractivity contribution in [1.29, 1.82) is 0 Å². The maximum absolute atomic E-state index is 11.2. The molecule has 0 aliphatic rings. The number of aromatic nitrogens is 2. The van der Waals surface area contributed by atoms with Crippen molar-refractivity contribution in [1.82, 2.24) is 9.97 Å². The summed E-state index contributed by atoms with van der Waals surface area (Å²) in [5, 5.41) is 12.3. The molecular weight excluding hydrogens is 418 g/mol. The number of benzene rings is 1. The van der Waals surface area contributed by atoms with Gasteiger partial charge >= 0.3 is 5.97 Å². The molecule has 0 radical (unpaired) electrons. The van der Waals surface area contributed by atoms with E-state index in [0.29, 0.717) is 5.95 Å². The van der Waals surface area contributed by atoms with Crippen molar-refractivity contribution in [3.63, 3.8) is 0 Å². The lowest BCUT2D eigenvalue weighted by molar-refractivity contribution is 0.0696. The predicted octanol–water partition coefficient (Wildman–Crippen LogP) is 5.37. The fourth-order valence-corrected chi connectivity index (χ4v) is 12.3. The minimum Gasteiger partial charge on any atom is -0.478 e. The summed E-state index contributed by atoms with van der Waals surface area (Å²) in [7, 11) is -1.15. The Balaban J connectivity index is 2.69. The third kappa shape index (κ3) is 4.93. The molecule has 0 saturated carbocycles. The van der Waals surface area contributed by atoms with Gasteiger partial charge in [-0.05, 0) is 12.1 Å². The Morgan fingerprint density at radius 3 is 1.52 bits per heavy atom. The Morgan fingerprint density at radius 1 is 0.806 bits per heavy atom. The van der Waals surface area contributed by atoms with Crippen molar-refractivity contribution >= 4 is 44.1 Å². The number of hydrogen-bond acceptors (Lipinski definition) is 4. The van der Waals surface area contributed by atoms with Crippen LogP contribution >= 0.6 is 0 Å². The highest BCUT2D eigenvalue weighted by Gasteiger charge is 2.34. The quantitative estimate of drug-likeness (QED) is 0.459. The summed E-state index contributed by atoms with van der Waals surface area (Å²) >= 11 is 0.